The smallest absolute Gasteiger partial charge is 0.238 e. The number of carbonyl (C=O) groups excluding carboxylic acids is 1. The van der Waals surface area contributed by atoms with E-state index in [1.165, 1.54) is 18.2 Å². The van der Waals surface area contributed by atoms with E-state index in [1.807, 2.05) is 0 Å². The van der Waals surface area contributed by atoms with Crippen molar-refractivity contribution in [2.75, 3.05) is 24.1 Å². The number of nitrogen functional groups attached to an aromatic ring is 1. The van der Waals surface area contributed by atoms with Gasteiger partial charge in [-0.05, 0) is 43.5 Å². The molecule has 2 rings (SSSR count). The van der Waals surface area contributed by atoms with Gasteiger partial charge in [0, 0.05) is 11.7 Å². The number of rotatable bonds is 4. The molecule has 4 nitrogen and oxygen atoms in total. The Morgan fingerprint density at radius 1 is 1.55 bits per heavy atom. The molecular formula is C15H22FN3O. The molecule has 1 aliphatic rings. The summed E-state index contributed by atoms with van der Waals surface area (Å²) in [6, 6.07) is 4.70. The van der Waals surface area contributed by atoms with Crippen LogP contribution < -0.4 is 11.1 Å². The van der Waals surface area contributed by atoms with Gasteiger partial charge in [0.25, 0.3) is 0 Å². The number of nitrogens with zero attached hydrogens (tertiary/aromatic N) is 1. The Bertz CT molecular complexity index is 490. The SMILES string of the molecule is CC(C)C1CCCN1CC(=O)Nc1ccc(F)c(N)c1. The molecule has 0 saturated carbocycles. The van der Waals surface area contributed by atoms with Gasteiger partial charge in [-0.1, -0.05) is 13.8 Å². The topological polar surface area (TPSA) is 58.4 Å². The lowest BCUT2D eigenvalue weighted by Crippen LogP contribution is -2.39. The van der Waals surface area contributed by atoms with E-state index < -0.39 is 5.82 Å². The van der Waals surface area contributed by atoms with Crippen molar-refractivity contribution in [1.29, 1.82) is 0 Å². The van der Waals surface area contributed by atoms with Crippen molar-refractivity contribution in [1.82, 2.24) is 4.90 Å². The van der Waals surface area contributed by atoms with E-state index in [-0.39, 0.29) is 11.6 Å². The van der Waals surface area contributed by atoms with Crippen LogP contribution in [0.15, 0.2) is 18.2 Å². The van der Waals surface area contributed by atoms with Crippen LogP contribution in [0, 0.1) is 11.7 Å². The molecule has 1 atom stereocenters. The van der Waals surface area contributed by atoms with Crippen molar-refractivity contribution < 1.29 is 9.18 Å². The maximum Gasteiger partial charge on any atom is 0.238 e. The summed E-state index contributed by atoms with van der Waals surface area (Å²) < 4.78 is 13.1. The number of halogens is 1. The normalized spacial score (nSPS) is 19.5. The number of benzene rings is 1. The van der Waals surface area contributed by atoms with Crippen molar-refractivity contribution in [3.05, 3.63) is 24.0 Å². The second-order valence-electron chi connectivity index (χ2n) is 5.71. The average Bonchev–Trinajstić information content (AvgIpc) is 2.82. The highest BCUT2D eigenvalue weighted by Crippen LogP contribution is 2.23. The molecule has 1 saturated heterocycles. The molecule has 1 aliphatic heterocycles. The van der Waals surface area contributed by atoms with E-state index in [2.05, 4.69) is 24.1 Å². The lowest BCUT2D eigenvalue weighted by atomic mass is 10.0. The molecule has 1 unspecified atom stereocenters. The van der Waals surface area contributed by atoms with Crippen LogP contribution in [0.1, 0.15) is 26.7 Å². The molecule has 1 aromatic rings. The van der Waals surface area contributed by atoms with E-state index in [9.17, 15) is 9.18 Å². The second-order valence-corrected chi connectivity index (χ2v) is 5.71. The van der Waals surface area contributed by atoms with Crippen molar-refractivity contribution in [2.24, 2.45) is 5.92 Å². The van der Waals surface area contributed by atoms with Gasteiger partial charge in [-0.2, -0.15) is 0 Å². The minimum atomic E-state index is -0.470. The Morgan fingerprint density at radius 2 is 2.30 bits per heavy atom. The maximum absolute atomic E-state index is 13.1. The van der Waals surface area contributed by atoms with Crippen LogP contribution in [0.2, 0.25) is 0 Å². The highest BCUT2D eigenvalue weighted by Gasteiger charge is 2.28. The predicted molar refractivity (Wildman–Crippen MR) is 78.9 cm³/mol. The summed E-state index contributed by atoms with van der Waals surface area (Å²) in [6.07, 6.45) is 2.29. The van der Waals surface area contributed by atoms with Gasteiger partial charge in [0.15, 0.2) is 0 Å². The molecule has 20 heavy (non-hydrogen) atoms. The minimum absolute atomic E-state index is 0.0454. The number of hydrogen-bond acceptors (Lipinski definition) is 3. The summed E-state index contributed by atoms with van der Waals surface area (Å²) in [5, 5.41) is 2.77. The molecule has 0 radical (unpaired) electrons. The minimum Gasteiger partial charge on any atom is -0.396 e. The fraction of sp³-hybridized carbons (Fsp3) is 0.533. The number of likely N-dealkylation sites (tertiary alicyclic amines) is 1. The van der Waals surface area contributed by atoms with Crippen LogP contribution in [-0.4, -0.2) is 29.9 Å². The van der Waals surface area contributed by atoms with E-state index in [1.54, 1.807) is 0 Å². The third-order valence-corrected chi connectivity index (χ3v) is 3.81. The number of carbonyl (C=O) groups is 1. The Kier molecular flexibility index (Phi) is 4.60. The molecule has 1 heterocycles. The Hall–Kier alpha value is -1.62. The number of nitrogens with one attached hydrogen (secondary N) is 1. The van der Waals surface area contributed by atoms with Gasteiger partial charge < -0.3 is 11.1 Å². The molecule has 3 N–H and O–H groups in total. The zero-order chi connectivity index (χ0) is 14.7. The Balaban J connectivity index is 1.93. The molecular weight excluding hydrogens is 257 g/mol. The number of nitrogens with two attached hydrogens (primary N) is 1. The highest BCUT2D eigenvalue weighted by molar-refractivity contribution is 5.92. The number of anilines is 2. The van der Waals surface area contributed by atoms with E-state index >= 15 is 0 Å². The molecule has 110 valence electrons. The van der Waals surface area contributed by atoms with E-state index in [0.29, 0.717) is 24.2 Å². The largest absolute Gasteiger partial charge is 0.396 e. The summed E-state index contributed by atoms with van der Waals surface area (Å²) in [5.41, 5.74) is 6.07. The first kappa shape index (κ1) is 14.8. The zero-order valence-electron chi connectivity index (χ0n) is 12.0. The standard InChI is InChI=1S/C15H22FN3O/c1-10(2)14-4-3-7-19(14)9-15(20)18-11-5-6-12(16)13(17)8-11/h5-6,8,10,14H,3-4,7,9,17H2,1-2H3,(H,18,20). The van der Waals surface area contributed by atoms with Crippen molar-refractivity contribution in [3.63, 3.8) is 0 Å². The third kappa shape index (κ3) is 3.48. The molecule has 5 heteroatoms. The summed E-state index contributed by atoms with van der Waals surface area (Å²) in [7, 11) is 0. The van der Waals surface area contributed by atoms with E-state index in [0.717, 1.165) is 19.4 Å². The first-order valence-corrected chi connectivity index (χ1v) is 7.06. The molecule has 1 aromatic carbocycles. The van der Waals surface area contributed by atoms with Crippen LogP contribution >= 0.6 is 0 Å². The quantitative estimate of drug-likeness (QED) is 0.832. The van der Waals surface area contributed by atoms with E-state index in [4.69, 9.17) is 5.73 Å². The Morgan fingerprint density at radius 3 is 2.95 bits per heavy atom. The first-order valence-electron chi connectivity index (χ1n) is 7.06. The summed E-state index contributed by atoms with van der Waals surface area (Å²) in [4.78, 5) is 14.3. The lowest BCUT2D eigenvalue weighted by Gasteiger charge is -2.26. The second kappa shape index (κ2) is 6.22. The first-order chi connectivity index (χ1) is 9.47. The van der Waals surface area contributed by atoms with Gasteiger partial charge in [0.2, 0.25) is 5.91 Å². The fourth-order valence-corrected chi connectivity index (χ4v) is 2.81. The predicted octanol–water partition coefficient (Wildman–Crippen LogP) is 2.47. The van der Waals surface area contributed by atoms with Crippen molar-refractivity contribution >= 4 is 17.3 Å². The summed E-state index contributed by atoms with van der Waals surface area (Å²) in [6.45, 7) is 5.70. The summed E-state index contributed by atoms with van der Waals surface area (Å²) in [5.74, 6) is -0.00209. The van der Waals surface area contributed by atoms with Crippen LogP contribution in [0.25, 0.3) is 0 Å². The monoisotopic (exact) mass is 279 g/mol. The number of hydrogen-bond donors (Lipinski definition) is 2. The third-order valence-electron chi connectivity index (χ3n) is 3.81. The Labute approximate surface area is 119 Å². The van der Waals surface area contributed by atoms with Crippen LogP contribution in [-0.2, 0) is 4.79 Å². The fourth-order valence-electron chi connectivity index (χ4n) is 2.81. The van der Waals surface area contributed by atoms with Gasteiger partial charge >= 0.3 is 0 Å². The highest BCUT2D eigenvalue weighted by atomic mass is 19.1. The molecule has 0 aromatic heterocycles. The van der Waals surface area contributed by atoms with Gasteiger partial charge in [0.1, 0.15) is 5.82 Å². The molecule has 1 fully saturated rings. The van der Waals surface area contributed by atoms with Crippen LogP contribution in [0.3, 0.4) is 0 Å². The molecule has 0 spiro atoms. The van der Waals surface area contributed by atoms with Gasteiger partial charge in [-0.3, -0.25) is 9.69 Å². The van der Waals surface area contributed by atoms with Crippen molar-refractivity contribution in [2.45, 2.75) is 32.7 Å². The van der Waals surface area contributed by atoms with Crippen LogP contribution in [0.4, 0.5) is 15.8 Å². The molecule has 1 amide bonds. The number of amides is 1. The van der Waals surface area contributed by atoms with Gasteiger partial charge in [-0.25, -0.2) is 4.39 Å². The lowest BCUT2D eigenvalue weighted by molar-refractivity contribution is -0.117. The maximum atomic E-state index is 13.1. The average molecular weight is 279 g/mol. The zero-order valence-corrected chi connectivity index (χ0v) is 12.0. The van der Waals surface area contributed by atoms with Crippen LogP contribution in [0.5, 0.6) is 0 Å². The molecule has 0 aliphatic carbocycles. The molecule has 0 bridgehead atoms. The van der Waals surface area contributed by atoms with Gasteiger partial charge in [-0.15, -0.1) is 0 Å². The van der Waals surface area contributed by atoms with Gasteiger partial charge in [0.05, 0.1) is 12.2 Å². The summed E-state index contributed by atoms with van der Waals surface area (Å²) >= 11 is 0. The van der Waals surface area contributed by atoms with Crippen molar-refractivity contribution in [3.8, 4) is 0 Å².